The van der Waals surface area contributed by atoms with Crippen molar-refractivity contribution in [2.75, 3.05) is 13.7 Å². The van der Waals surface area contributed by atoms with Crippen LogP contribution in [0.3, 0.4) is 0 Å². The topological polar surface area (TPSA) is 76.1 Å². The van der Waals surface area contributed by atoms with Gasteiger partial charge in [-0.3, -0.25) is 9.88 Å². The molecule has 0 spiro atoms. The number of hydrogen-bond acceptors (Lipinski definition) is 7. The van der Waals surface area contributed by atoms with Crippen molar-refractivity contribution in [1.29, 1.82) is 0 Å². The van der Waals surface area contributed by atoms with Gasteiger partial charge in [0.2, 0.25) is 0 Å². The second kappa shape index (κ2) is 11.1. The van der Waals surface area contributed by atoms with Gasteiger partial charge >= 0.3 is 0 Å². The molecule has 3 aliphatic heterocycles. The maximum Gasteiger partial charge on any atom is 0.159 e. The maximum atomic E-state index is 11.5. The van der Waals surface area contributed by atoms with E-state index in [-0.39, 0.29) is 6.04 Å². The quantitative estimate of drug-likeness (QED) is 0.461. The van der Waals surface area contributed by atoms with Gasteiger partial charge in [-0.05, 0) is 62.3 Å². The summed E-state index contributed by atoms with van der Waals surface area (Å²) in [6.45, 7) is 0.546. The Morgan fingerprint density at radius 2 is 2.08 bits per heavy atom. The van der Waals surface area contributed by atoms with Crippen molar-refractivity contribution in [3.8, 4) is 5.75 Å². The highest BCUT2D eigenvalue weighted by Gasteiger charge is 2.42. The molecule has 2 saturated heterocycles. The van der Waals surface area contributed by atoms with Crippen LogP contribution in [0, 0.1) is 0 Å². The minimum atomic E-state index is -0.718. The number of ether oxygens (including phenoxy) is 3. The van der Waals surface area contributed by atoms with Crippen LogP contribution in [0.25, 0.3) is 10.9 Å². The minimum Gasteiger partial charge on any atom is -0.497 e. The van der Waals surface area contributed by atoms with Crippen LogP contribution >= 0.6 is 11.6 Å². The smallest absolute Gasteiger partial charge is 0.159 e. The van der Waals surface area contributed by atoms with Crippen LogP contribution in [0.15, 0.2) is 72.7 Å². The maximum absolute atomic E-state index is 11.5. The number of allylic oxidation sites excluding steroid dienone is 3. The Morgan fingerprint density at radius 1 is 1.24 bits per heavy atom. The Hall–Kier alpha value is -2.84. The molecule has 2 N–H and O–H groups in total. The number of pyridine rings is 1. The summed E-state index contributed by atoms with van der Waals surface area (Å²) in [7, 11) is 1.64. The highest BCUT2D eigenvalue weighted by molar-refractivity contribution is 6.32. The van der Waals surface area contributed by atoms with Crippen molar-refractivity contribution in [3.05, 3.63) is 83.3 Å². The van der Waals surface area contributed by atoms with Crippen molar-refractivity contribution >= 4 is 22.5 Å². The molecule has 1 aromatic carbocycles. The van der Waals surface area contributed by atoms with E-state index in [9.17, 15) is 5.11 Å². The lowest BCUT2D eigenvalue weighted by molar-refractivity contribution is 0.0509. The highest BCUT2D eigenvalue weighted by atomic mass is 35.5. The van der Waals surface area contributed by atoms with Gasteiger partial charge in [-0.2, -0.15) is 0 Å². The third-order valence-electron chi connectivity index (χ3n) is 8.30. The molecule has 0 saturated carbocycles. The van der Waals surface area contributed by atoms with Crippen molar-refractivity contribution in [3.63, 3.8) is 0 Å². The molecule has 4 heterocycles. The normalized spacial score (nSPS) is 26.3. The third-order valence-corrected chi connectivity index (χ3v) is 8.60. The van der Waals surface area contributed by atoms with Gasteiger partial charge in [-0.25, -0.2) is 0 Å². The fourth-order valence-corrected chi connectivity index (χ4v) is 6.79. The summed E-state index contributed by atoms with van der Waals surface area (Å²) in [5, 5.41) is 16.7. The van der Waals surface area contributed by atoms with Gasteiger partial charge < -0.3 is 24.6 Å². The molecule has 6 rings (SSSR count). The van der Waals surface area contributed by atoms with Crippen molar-refractivity contribution in [1.82, 2.24) is 15.2 Å². The molecule has 200 valence electrons. The van der Waals surface area contributed by atoms with E-state index in [2.05, 4.69) is 33.4 Å². The average Bonchev–Trinajstić information content (AvgIpc) is 3.18. The predicted octanol–water partition coefficient (Wildman–Crippen LogP) is 5.52. The van der Waals surface area contributed by atoms with E-state index in [1.54, 1.807) is 32.1 Å². The summed E-state index contributed by atoms with van der Waals surface area (Å²) < 4.78 is 16.7. The zero-order chi connectivity index (χ0) is 26.1. The van der Waals surface area contributed by atoms with Gasteiger partial charge in [0, 0.05) is 41.8 Å². The molecule has 2 bridgehead atoms. The molecular weight excluding hydrogens is 502 g/mol. The molecule has 7 nitrogen and oxygen atoms in total. The molecule has 1 aromatic heterocycles. The number of nitrogens with one attached hydrogen (secondary N) is 1. The van der Waals surface area contributed by atoms with Crippen LogP contribution in [-0.2, 0) is 9.47 Å². The van der Waals surface area contributed by atoms with Crippen LogP contribution in [0.4, 0.5) is 0 Å². The first-order chi connectivity index (χ1) is 18.6. The van der Waals surface area contributed by atoms with Gasteiger partial charge in [0.1, 0.15) is 24.5 Å². The fraction of sp³-hybridized carbons (Fsp3) is 0.433. The van der Waals surface area contributed by atoms with Gasteiger partial charge in [-0.1, -0.05) is 29.8 Å². The van der Waals surface area contributed by atoms with E-state index in [0.29, 0.717) is 29.7 Å². The fourth-order valence-electron chi connectivity index (χ4n) is 6.51. The van der Waals surface area contributed by atoms with Gasteiger partial charge in [0.05, 0.1) is 29.8 Å². The van der Waals surface area contributed by atoms with E-state index in [4.69, 9.17) is 25.8 Å². The number of halogens is 1. The van der Waals surface area contributed by atoms with E-state index < -0.39 is 6.10 Å². The summed E-state index contributed by atoms with van der Waals surface area (Å²) >= 11 is 6.59. The molecule has 4 unspecified atom stereocenters. The number of hydrogen-bond donors (Lipinski definition) is 2. The number of aliphatic hydroxyl groups excluding tert-OH is 1. The standard InChI is InChI=1S/C30H34ClN3O4/c1-36-23-9-10-26-24(15-23)29(25(31)16-32-26)27(35)17-34-21-7-8-22(34)14-20(13-21)33-30(19-5-3-2-4-6-19)28-18-37-11-12-38-28/h2-3,5,9-12,15-16,18,20-22,27,30,33,35H,4,6-8,13-14,17H2,1H3. The Bertz CT molecular complexity index is 1290. The van der Waals surface area contributed by atoms with Crippen LogP contribution in [0.1, 0.15) is 50.2 Å². The minimum absolute atomic E-state index is 0.0107. The molecular formula is C30H34ClN3O4. The zero-order valence-electron chi connectivity index (χ0n) is 21.6. The first-order valence-electron chi connectivity index (χ1n) is 13.5. The predicted molar refractivity (Wildman–Crippen MR) is 148 cm³/mol. The summed E-state index contributed by atoms with van der Waals surface area (Å²) in [6, 6.07) is 6.84. The van der Waals surface area contributed by atoms with Gasteiger partial charge in [0.25, 0.3) is 0 Å². The Morgan fingerprint density at radius 3 is 2.79 bits per heavy atom. The average molecular weight is 536 g/mol. The SMILES string of the molecule is COc1ccc2ncc(Cl)c(C(O)CN3C4CCC3CC(NC(C3=CC=CCC3)C3=COC=CO3)C4)c2c1. The number of nitrogens with zero attached hydrogens (tertiary/aromatic N) is 2. The van der Waals surface area contributed by atoms with E-state index in [1.807, 2.05) is 18.2 Å². The lowest BCUT2D eigenvalue weighted by atomic mass is 9.91. The summed E-state index contributed by atoms with van der Waals surface area (Å²) in [5.74, 6) is 1.52. The van der Waals surface area contributed by atoms with Crippen LogP contribution in [-0.4, -0.2) is 52.8 Å². The molecule has 4 atom stereocenters. The van der Waals surface area contributed by atoms with Crippen LogP contribution in [0.2, 0.25) is 5.02 Å². The number of rotatable bonds is 8. The molecule has 8 heteroatoms. The number of piperidine rings is 1. The second-order valence-corrected chi connectivity index (χ2v) is 10.9. The lowest BCUT2D eigenvalue weighted by Crippen LogP contribution is -2.53. The summed E-state index contributed by atoms with van der Waals surface area (Å²) in [6.07, 6.45) is 18.6. The Kier molecular flexibility index (Phi) is 7.43. The van der Waals surface area contributed by atoms with Crippen LogP contribution < -0.4 is 10.1 Å². The number of benzene rings is 1. The Balaban J connectivity index is 1.18. The summed E-state index contributed by atoms with van der Waals surface area (Å²) in [5.41, 5.74) is 2.84. The number of aliphatic hydroxyl groups is 1. The third kappa shape index (κ3) is 5.08. The van der Waals surface area contributed by atoms with Crippen molar-refractivity contribution < 1.29 is 19.3 Å². The second-order valence-electron chi connectivity index (χ2n) is 10.5. The zero-order valence-corrected chi connectivity index (χ0v) is 22.3. The molecule has 38 heavy (non-hydrogen) atoms. The molecule has 0 amide bonds. The van der Waals surface area contributed by atoms with Crippen LogP contribution in [0.5, 0.6) is 5.75 Å². The van der Waals surface area contributed by atoms with E-state index >= 15 is 0 Å². The molecule has 4 aliphatic rings. The molecule has 0 radical (unpaired) electrons. The van der Waals surface area contributed by atoms with Gasteiger partial charge in [0.15, 0.2) is 5.76 Å². The lowest BCUT2D eigenvalue weighted by Gasteiger charge is -2.42. The van der Waals surface area contributed by atoms with E-state index in [0.717, 1.165) is 66.5 Å². The monoisotopic (exact) mass is 535 g/mol. The number of aromatic nitrogens is 1. The largest absolute Gasteiger partial charge is 0.497 e. The molecule has 2 fully saturated rings. The van der Waals surface area contributed by atoms with E-state index in [1.165, 1.54) is 5.57 Å². The first-order valence-corrected chi connectivity index (χ1v) is 13.8. The number of methoxy groups -OCH3 is 1. The van der Waals surface area contributed by atoms with Crippen molar-refractivity contribution in [2.24, 2.45) is 0 Å². The highest BCUT2D eigenvalue weighted by Crippen LogP contribution is 2.40. The summed E-state index contributed by atoms with van der Waals surface area (Å²) in [4.78, 5) is 6.94. The first kappa shape index (κ1) is 25.4. The van der Waals surface area contributed by atoms with Crippen molar-refractivity contribution in [2.45, 2.75) is 68.8 Å². The molecule has 2 aromatic rings. The van der Waals surface area contributed by atoms with Gasteiger partial charge in [-0.15, -0.1) is 0 Å². The Labute approximate surface area is 228 Å². The molecule has 1 aliphatic carbocycles. The number of fused-ring (bicyclic) bond motifs is 3.